The van der Waals surface area contributed by atoms with E-state index in [4.69, 9.17) is 0 Å². The summed E-state index contributed by atoms with van der Waals surface area (Å²) in [6, 6.07) is 7.28. The second kappa shape index (κ2) is 7.27. The molecule has 1 saturated carbocycles. The maximum Gasteiger partial charge on any atom is 0.276 e. The van der Waals surface area contributed by atoms with Crippen LogP contribution in [0.1, 0.15) is 62.6 Å². The molecular formula is C22H25N5O3. The molecule has 2 atom stereocenters. The van der Waals surface area contributed by atoms with Crippen LogP contribution in [0.25, 0.3) is 0 Å². The minimum Gasteiger partial charge on any atom is -0.349 e. The first-order chi connectivity index (χ1) is 14.5. The first-order valence-electron chi connectivity index (χ1n) is 10.6. The van der Waals surface area contributed by atoms with Crippen LogP contribution in [0.2, 0.25) is 0 Å². The van der Waals surface area contributed by atoms with Gasteiger partial charge in [0.05, 0.1) is 6.54 Å². The summed E-state index contributed by atoms with van der Waals surface area (Å²) >= 11 is 0. The molecule has 3 heterocycles. The molecule has 1 aromatic carbocycles. The molecule has 1 saturated heterocycles. The minimum atomic E-state index is -0.394. The van der Waals surface area contributed by atoms with E-state index in [2.05, 4.69) is 15.7 Å². The van der Waals surface area contributed by atoms with Crippen LogP contribution in [0.5, 0.6) is 0 Å². The summed E-state index contributed by atoms with van der Waals surface area (Å²) in [5, 5.41) is 9.86. The fourth-order valence-corrected chi connectivity index (χ4v) is 4.88. The van der Waals surface area contributed by atoms with Gasteiger partial charge in [-0.3, -0.25) is 19.1 Å². The molecular weight excluding hydrogens is 382 g/mol. The topological polar surface area (TPSA) is 96.3 Å². The lowest BCUT2D eigenvalue weighted by Crippen LogP contribution is -2.35. The number of carbonyl (C=O) groups is 3. The molecule has 8 nitrogen and oxygen atoms in total. The van der Waals surface area contributed by atoms with Crippen LogP contribution in [0.3, 0.4) is 0 Å². The van der Waals surface area contributed by atoms with Crippen molar-refractivity contribution in [3.05, 3.63) is 46.8 Å². The van der Waals surface area contributed by atoms with Gasteiger partial charge in [-0.1, -0.05) is 12.5 Å². The van der Waals surface area contributed by atoms with Crippen molar-refractivity contribution in [3.63, 3.8) is 0 Å². The van der Waals surface area contributed by atoms with Gasteiger partial charge in [0.15, 0.2) is 5.69 Å². The molecule has 0 radical (unpaired) electrons. The maximum absolute atomic E-state index is 13.1. The lowest BCUT2D eigenvalue weighted by molar-refractivity contribution is 0.0732. The minimum absolute atomic E-state index is 0.0361. The number of likely N-dealkylation sites (tertiary alicyclic amines) is 1. The Kier molecular flexibility index (Phi) is 4.56. The fraction of sp³-hybridized carbons (Fsp3) is 0.455. The predicted molar refractivity (Wildman–Crippen MR) is 110 cm³/mol. The van der Waals surface area contributed by atoms with Gasteiger partial charge in [-0.05, 0) is 49.8 Å². The number of aryl methyl sites for hydroxylation is 1. The number of rotatable bonds is 3. The summed E-state index contributed by atoms with van der Waals surface area (Å²) in [6.45, 7) is 3.76. The molecule has 8 heteroatoms. The number of nitrogens with one attached hydrogen (secondary N) is 2. The Bertz CT molecular complexity index is 1040. The molecule has 30 heavy (non-hydrogen) atoms. The third kappa shape index (κ3) is 3.26. The Morgan fingerprint density at radius 1 is 1.23 bits per heavy atom. The monoisotopic (exact) mass is 407 g/mol. The highest BCUT2D eigenvalue weighted by molar-refractivity contribution is 6.06. The second-order valence-electron chi connectivity index (χ2n) is 8.52. The molecule has 1 aromatic heterocycles. The second-order valence-corrected chi connectivity index (χ2v) is 8.52. The maximum atomic E-state index is 13.1. The fourth-order valence-electron chi connectivity index (χ4n) is 4.88. The van der Waals surface area contributed by atoms with Crippen LogP contribution < -0.4 is 10.6 Å². The number of aromatic nitrogens is 2. The molecule has 2 bridgehead atoms. The highest BCUT2D eigenvalue weighted by atomic mass is 16.2. The van der Waals surface area contributed by atoms with Gasteiger partial charge < -0.3 is 15.5 Å². The number of amides is 3. The smallest absolute Gasteiger partial charge is 0.276 e. The van der Waals surface area contributed by atoms with Gasteiger partial charge in [-0.15, -0.1) is 0 Å². The molecule has 5 rings (SSSR count). The standard InChI is InChI=1S/C22H25N5O3/c1-13-5-6-15(22(30)26-12-14-3-2-4-16(26)9-14)10-17(13)24-20(28)18-11-19-21(29)23-7-8-27(19)25-18/h5-6,10-11,14,16H,2-4,7-9,12H2,1H3,(H,23,29)(H,24,28)/t14-,16+/m1/s1. The van der Waals surface area contributed by atoms with E-state index in [-0.39, 0.29) is 17.5 Å². The van der Waals surface area contributed by atoms with Crippen molar-refractivity contribution >= 4 is 23.4 Å². The van der Waals surface area contributed by atoms with Gasteiger partial charge in [0, 0.05) is 36.4 Å². The SMILES string of the molecule is Cc1ccc(C(=O)N2C[C@@H]3CCC[C@H]2C3)cc1NC(=O)c1cc2n(n1)CCNC2=O. The molecule has 3 amide bonds. The predicted octanol–water partition coefficient (Wildman–Crippen LogP) is 2.20. The molecule has 0 spiro atoms. The van der Waals surface area contributed by atoms with Gasteiger partial charge in [-0.2, -0.15) is 5.10 Å². The van der Waals surface area contributed by atoms with Crippen molar-refractivity contribution in [1.29, 1.82) is 0 Å². The summed E-state index contributed by atoms with van der Waals surface area (Å²) in [4.78, 5) is 39.8. The van der Waals surface area contributed by atoms with E-state index in [1.54, 1.807) is 10.7 Å². The van der Waals surface area contributed by atoms with E-state index < -0.39 is 5.91 Å². The zero-order valence-electron chi connectivity index (χ0n) is 17.0. The summed E-state index contributed by atoms with van der Waals surface area (Å²) in [6.07, 6.45) is 4.60. The van der Waals surface area contributed by atoms with E-state index >= 15 is 0 Å². The summed E-state index contributed by atoms with van der Waals surface area (Å²) < 4.78 is 1.55. The number of hydrogen-bond acceptors (Lipinski definition) is 4. The Labute approximate surface area is 174 Å². The van der Waals surface area contributed by atoms with Crippen LogP contribution in [0, 0.1) is 12.8 Å². The average molecular weight is 407 g/mol. The van der Waals surface area contributed by atoms with Crippen molar-refractivity contribution in [1.82, 2.24) is 20.0 Å². The van der Waals surface area contributed by atoms with E-state index in [0.29, 0.717) is 42.0 Å². The quantitative estimate of drug-likeness (QED) is 0.815. The van der Waals surface area contributed by atoms with Gasteiger partial charge in [0.25, 0.3) is 17.7 Å². The van der Waals surface area contributed by atoms with Crippen LogP contribution in [-0.2, 0) is 6.54 Å². The van der Waals surface area contributed by atoms with Crippen LogP contribution in [-0.4, -0.2) is 51.5 Å². The molecule has 156 valence electrons. The first-order valence-corrected chi connectivity index (χ1v) is 10.6. The molecule has 2 aromatic rings. The number of nitrogens with zero attached hydrogens (tertiary/aromatic N) is 3. The largest absolute Gasteiger partial charge is 0.349 e. The van der Waals surface area contributed by atoms with Crippen LogP contribution in [0.15, 0.2) is 24.3 Å². The van der Waals surface area contributed by atoms with E-state index in [0.717, 1.165) is 24.9 Å². The number of carbonyl (C=O) groups excluding carboxylic acids is 3. The molecule has 1 aliphatic carbocycles. The van der Waals surface area contributed by atoms with Gasteiger partial charge in [-0.25, -0.2) is 0 Å². The number of fused-ring (bicyclic) bond motifs is 3. The van der Waals surface area contributed by atoms with Crippen molar-refractivity contribution in [3.8, 4) is 0 Å². The molecule has 0 unspecified atom stereocenters. The summed E-state index contributed by atoms with van der Waals surface area (Å²) in [5.74, 6) is 0.0392. The zero-order chi connectivity index (χ0) is 20.8. The van der Waals surface area contributed by atoms with Crippen LogP contribution in [0.4, 0.5) is 5.69 Å². The third-order valence-corrected chi connectivity index (χ3v) is 6.50. The molecule has 2 N–H and O–H groups in total. The lowest BCUT2D eigenvalue weighted by Gasteiger charge is -2.25. The Morgan fingerprint density at radius 3 is 2.90 bits per heavy atom. The Morgan fingerprint density at radius 2 is 2.10 bits per heavy atom. The normalized spacial score (nSPS) is 22.4. The zero-order valence-corrected chi connectivity index (χ0v) is 17.0. The molecule has 3 aliphatic rings. The number of benzene rings is 1. The summed E-state index contributed by atoms with van der Waals surface area (Å²) in [7, 11) is 0. The van der Waals surface area contributed by atoms with Crippen molar-refractivity contribution in [2.24, 2.45) is 5.92 Å². The van der Waals surface area contributed by atoms with E-state index in [1.807, 2.05) is 24.0 Å². The average Bonchev–Trinajstić information content (AvgIpc) is 3.31. The van der Waals surface area contributed by atoms with Gasteiger partial charge in [0.2, 0.25) is 0 Å². The van der Waals surface area contributed by atoms with Crippen molar-refractivity contribution in [2.75, 3.05) is 18.4 Å². The lowest BCUT2D eigenvalue weighted by atomic mass is 9.90. The number of anilines is 1. The molecule has 2 fully saturated rings. The highest BCUT2D eigenvalue weighted by Crippen LogP contribution is 2.36. The highest BCUT2D eigenvalue weighted by Gasteiger charge is 2.38. The van der Waals surface area contributed by atoms with Gasteiger partial charge in [0.1, 0.15) is 5.69 Å². The summed E-state index contributed by atoms with van der Waals surface area (Å²) in [5.41, 5.74) is 2.61. The molecule has 2 aliphatic heterocycles. The third-order valence-electron chi connectivity index (χ3n) is 6.50. The van der Waals surface area contributed by atoms with Crippen molar-refractivity contribution in [2.45, 2.75) is 45.2 Å². The Hall–Kier alpha value is -3.16. The Balaban J connectivity index is 1.36. The van der Waals surface area contributed by atoms with Crippen LogP contribution >= 0.6 is 0 Å². The van der Waals surface area contributed by atoms with Crippen molar-refractivity contribution < 1.29 is 14.4 Å². The number of hydrogen-bond donors (Lipinski definition) is 2. The van der Waals surface area contributed by atoms with E-state index in [1.165, 1.54) is 18.9 Å². The van der Waals surface area contributed by atoms with E-state index in [9.17, 15) is 14.4 Å². The van der Waals surface area contributed by atoms with Gasteiger partial charge >= 0.3 is 0 Å². The first kappa shape index (κ1) is 18.8.